The summed E-state index contributed by atoms with van der Waals surface area (Å²) in [6.07, 6.45) is 0. The van der Waals surface area contributed by atoms with Crippen LogP contribution in [0.3, 0.4) is 0 Å². The number of fused-ring (bicyclic) bond motifs is 6. The van der Waals surface area contributed by atoms with Crippen LogP contribution < -0.4 is 4.90 Å². The molecule has 2 unspecified atom stereocenters. The van der Waals surface area contributed by atoms with Crippen molar-refractivity contribution in [2.45, 2.75) is 63.2 Å². The second-order valence-corrected chi connectivity index (χ2v) is 21.7. The lowest BCUT2D eigenvalue weighted by Crippen LogP contribution is -2.31. The van der Waals surface area contributed by atoms with Crippen LogP contribution in [0.5, 0.6) is 0 Å². The van der Waals surface area contributed by atoms with Crippen molar-refractivity contribution in [1.29, 1.82) is 0 Å². The van der Waals surface area contributed by atoms with E-state index in [0.717, 1.165) is 17.1 Å². The lowest BCUT2D eigenvalue weighted by atomic mass is 9.66. The van der Waals surface area contributed by atoms with Crippen LogP contribution in [-0.2, 0) is 21.7 Å². The van der Waals surface area contributed by atoms with Crippen LogP contribution in [-0.4, -0.2) is 0 Å². The van der Waals surface area contributed by atoms with Crippen LogP contribution in [0.2, 0.25) is 0 Å². The molecule has 2 aliphatic rings. The summed E-state index contributed by atoms with van der Waals surface area (Å²) in [5.74, 6) is 0. The zero-order valence-electron chi connectivity index (χ0n) is 41.6. The minimum Gasteiger partial charge on any atom is -0.310 e. The van der Waals surface area contributed by atoms with E-state index >= 15 is 0 Å². The highest BCUT2D eigenvalue weighted by Gasteiger charge is 2.50. The van der Waals surface area contributed by atoms with Gasteiger partial charge in [-0.05, 0) is 125 Å². The molecule has 2 atom stereocenters. The van der Waals surface area contributed by atoms with Crippen LogP contribution in [0.1, 0.15) is 97.2 Å². The molecule has 71 heavy (non-hydrogen) atoms. The Morgan fingerprint density at radius 2 is 0.704 bits per heavy atom. The van der Waals surface area contributed by atoms with Crippen molar-refractivity contribution in [3.05, 3.63) is 304 Å². The Morgan fingerprint density at radius 3 is 1.27 bits per heavy atom. The molecule has 0 aromatic heterocycles. The van der Waals surface area contributed by atoms with E-state index in [-0.39, 0.29) is 10.8 Å². The van der Waals surface area contributed by atoms with Crippen molar-refractivity contribution < 1.29 is 0 Å². The first-order valence-electron chi connectivity index (χ1n) is 25.3. The fourth-order valence-corrected chi connectivity index (χ4v) is 12.2. The molecule has 0 N–H and O–H groups in total. The maximum Gasteiger partial charge on any atom is 0.0734 e. The van der Waals surface area contributed by atoms with Crippen LogP contribution in [0.4, 0.5) is 17.1 Å². The first-order valence-corrected chi connectivity index (χ1v) is 25.3. The largest absolute Gasteiger partial charge is 0.310 e. The number of rotatable bonds is 8. The fraction of sp³-hybridized carbons (Fsp3) is 0.143. The highest BCUT2D eigenvalue weighted by molar-refractivity contribution is 5.96. The summed E-state index contributed by atoms with van der Waals surface area (Å²) in [7, 11) is 0. The van der Waals surface area contributed by atoms with E-state index in [1.807, 2.05) is 0 Å². The van der Waals surface area contributed by atoms with Crippen LogP contribution >= 0.6 is 0 Å². The molecular weight excluding hydrogens is 855 g/mol. The maximum atomic E-state index is 2.56. The van der Waals surface area contributed by atoms with E-state index in [4.69, 9.17) is 0 Å². The van der Waals surface area contributed by atoms with Crippen molar-refractivity contribution in [3.8, 4) is 33.4 Å². The first kappa shape index (κ1) is 44.2. The molecule has 0 amide bonds. The first-order chi connectivity index (χ1) is 34.5. The third kappa shape index (κ3) is 6.97. The molecule has 10 aromatic carbocycles. The highest BCUT2D eigenvalue weighted by Crippen LogP contribution is 2.62. The van der Waals surface area contributed by atoms with Gasteiger partial charge in [0.1, 0.15) is 0 Å². The molecule has 12 rings (SSSR count). The molecule has 0 bridgehead atoms. The van der Waals surface area contributed by atoms with Gasteiger partial charge in [-0.2, -0.15) is 0 Å². The molecule has 2 aliphatic carbocycles. The van der Waals surface area contributed by atoms with E-state index in [1.165, 1.54) is 89.0 Å². The van der Waals surface area contributed by atoms with Gasteiger partial charge >= 0.3 is 0 Å². The number of nitrogens with zero attached hydrogens (tertiary/aromatic N) is 1. The number of benzene rings is 10. The summed E-state index contributed by atoms with van der Waals surface area (Å²) >= 11 is 0. The summed E-state index contributed by atoms with van der Waals surface area (Å²) in [5, 5.41) is 0. The van der Waals surface area contributed by atoms with Crippen LogP contribution in [0, 0.1) is 0 Å². The summed E-state index contributed by atoms with van der Waals surface area (Å²) in [6.45, 7) is 13.8. The zero-order chi connectivity index (χ0) is 48.5. The van der Waals surface area contributed by atoms with Gasteiger partial charge in [0, 0.05) is 16.9 Å². The molecule has 1 heteroatoms. The summed E-state index contributed by atoms with van der Waals surface area (Å²) in [6, 6.07) is 93.9. The van der Waals surface area contributed by atoms with Gasteiger partial charge in [0.2, 0.25) is 0 Å². The molecule has 0 saturated carbocycles. The van der Waals surface area contributed by atoms with Gasteiger partial charge in [-0.3, -0.25) is 0 Å². The molecule has 0 radical (unpaired) electrons. The summed E-state index contributed by atoms with van der Waals surface area (Å²) in [5.41, 5.74) is 22.4. The van der Waals surface area contributed by atoms with Crippen molar-refractivity contribution in [2.75, 3.05) is 4.90 Å². The number of anilines is 3. The second kappa shape index (κ2) is 16.9. The Bertz CT molecular complexity index is 3560. The molecule has 0 aliphatic heterocycles. The van der Waals surface area contributed by atoms with E-state index in [2.05, 4.69) is 295 Å². The van der Waals surface area contributed by atoms with Gasteiger partial charge in [0.15, 0.2) is 0 Å². The summed E-state index contributed by atoms with van der Waals surface area (Å²) in [4.78, 5) is 2.56. The second-order valence-electron chi connectivity index (χ2n) is 21.7. The molecule has 10 aromatic rings. The Kier molecular flexibility index (Phi) is 10.5. The third-order valence-electron chi connectivity index (χ3n) is 15.6. The molecule has 344 valence electrons. The van der Waals surface area contributed by atoms with Crippen molar-refractivity contribution >= 4 is 17.1 Å². The number of hydrogen-bond acceptors (Lipinski definition) is 1. The van der Waals surface area contributed by atoms with Gasteiger partial charge in [0.25, 0.3) is 0 Å². The SMILES string of the molecule is CC(C)(C)c1ccc(C2(c3ccccc3)c3ccccc3-c3ccc(N(c4ccc(-c5ccccc5)cc4)c4cccc5c4C(c4ccccc4)(c4ccc(C(C)(C)C)cc4)c4ccccc4-5)cc32)cc1. The third-order valence-corrected chi connectivity index (χ3v) is 15.6. The Hall–Kier alpha value is -8.00. The van der Waals surface area contributed by atoms with Crippen LogP contribution in [0.25, 0.3) is 33.4 Å². The van der Waals surface area contributed by atoms with Gasteiger partial charge in [0.05, 0.1) is 16.5 Å². The van der Waals surface area contributed by atoms with E-state index in [1.54, 1.807) is 0 Å². The van der Waals surface area contributed by atoms with Gasteiger partial charge in [-0.15, -0.1) is 0 Å². The molecule has 0 saturated heterocycles. The van der Waals surface area contributed by atoms with Gasteiger partial charge in [-0.1, -0.05) is 260 Å². The monoisotopic (exact) mass is 913 g/mol. The Morgan fingerprint density at radius 1 is 0.296 bits per heavy atom. The predicted octanol–water partition coefficient (Wildman–Crippen LogP) is 18.1. The molecule has 0 heterocycles. The average Bonchev–Trinajstić information content (AvgIpc) is 3.89. The van der Waals surface area contributed by atoms with E-state index < -0.39 is 10.8 Å². The lowest BCUT2D eigenvalue weighted by Gasteiger charge is -2.38. The van der Waals surface area contributed by atoms with Crippen molar-refractivity contribution in [2.24, 2.45) is 0 Å². The van der Waals surface area contributed by atoms with E-state index in [9.17, 15) is 0 Å². The van der Waals surface area contributed by atoms with Gasteiger partial charge < -0.3 is 4.90 Å². The predicted molar refractivity (Wildman–Crippen MR) is 299 cm³/mol. The molecule has 0 spiro atoms. The minimum absolute atomic E-state index is 0.00856. The standard InChI is InChI=1S/C70H59N/c1-67(2,3)50-35-39-54(40-36-50)69(52-23-12-8-13-24-52)62-30-18-16-27-58(62)60-46-45-57(47-64(60)69)71(56-43-33-49(34-44-56)48-21-10-7-11-22-48)65-32-20-29-61-59-28-17-19-31-63(59)70(66(61)65,53-25-14-9-15-26-53)55-41-37-51(38-42-55)68(4,5)6/h7-47H,1-6H3. The van der Waals surface area contributed by atoms with Gasteiger partial charge in [-0.25, -0.2) is 0 Å². The van der Waals surface area contributed by atoms with Crippen molar-refractivity contribution in [1.82, 2.24) is 0 Å². The Balaban J connectivity index is 1.17. The average molecular weight is 914 g/mol. The minimum atomic E-state index is -0.641. The topological polar surface area (TPSA) is 3.24 Å². The molecule has 1 nitrogen and oxygen atoms in total. The van der Waals surface area contributed by atoms with Crippen molar-refractivity contribution in [3.63, 3.8) is 0 Å². The molecular formula is C70H59N. The highest BCUT2D eigenvalue weighted by atomic mass is 15.1. The number of hydrogen-bond donors (Lipinski definition) is 0. The maximum absolute atomic E-state index is 2.56. The normalized spacial score (nSPS) is 16.7. The smallest absolute Gasteiger partial charge is 0.0734 e. The lowest BCUT2D eigenvalue weighted by molar-refractivity contribution is 0.589. The van der Waals surface area contributed by atoms with Crippen LogP contribution in [0.15, 0.2) is 249 Å². The molecule has 0 fully saturated rings. The Labute approximate surface area is 420 Å². The summed E-state index contributed by atoms with van der Waals surface area (Å²) < 4.78 is 0. The van der Waals surface area contributed by atoms with E-state index in [0.29, 0.717) is 0 Å². The quantitative estimate of drug-likeness (QED) is 0.147. The fourth-order valence-electron chi connectivity index (χ4n) is 12.2. The zero-order valence-corrected chi connectivity index (χ0v) is 41.6.